The highest BCUT2D eigenvalue weighted by atomic mass is 16.4. The van der Waals surface area contributed by atoms with Crippen LogP contribution in [0.5, 0.6) is 0 Å². The van der Waals surface area contributed by atoms with Crippen LogP contribution in [0.25, 0.3) is 0 Å². The normalized spacial score (nSPS) is 16.4. The van der Waals surface area contributed by atoms with Gasteiger partial charge in [0.2, 0.25) is 0 Å². The van der Waals surface area contributed by atoms with Crippen molar-refractivity contribution in [2.24, 2.45) is 5.41 Å². The molecular formula is C15H18N4O2. The molecule has 0 bridgehead atoms. The standard InChI is InChI=1S/C15H18N4O2/c1-11-4-2-5-12(8-11)9-13-16-17-18-19(13)10-15(14(20)21)6-3-7-15/h2,4-5,8H,3,6-7,9-10H2,1H3,(H,20,21). The van der Waals surface area contributed by atoms with E-state index in [1.165, 1.54) is 5.56 Å². The molecule has 0 saturated heterocycles. The van der Waals surface area contributed by atoms with Gasteiger partial charge in [-0.2, -0.15) is 0 Å². The lowest BCUT2D eigenvalue weighted by Gasteiger charge is -2.37. The molecule has 1 aliphatic carbocycles. The van der Waals surface area contributed by atoms with Crippen LogP contribution in [0.15, 0.2) is 24.3 Å². The second-order valence-corrected chi connectivity index (χ2v) is 5.86. The molecule has 1 N–H and O–H groups in total. The highest BCUT2D eigenvalue weighted by Crippen LogP contribution is 2.42. The number of carbonyl (C=O) groups is 1. The number of benzene rings is 1. The van der Waals surface area contributed by atoms with Gasteiger partial charge >= 0.3 is 5.97 Å². The lowest BCUT2D eigenvalue weighted by molar-refractivity contribution is -0.156. The average molecular weight is 286 g/mol. The molecule has 0 radical (unpaired) electrons. The molecule has 3 rings (SSSR count). The molecule has 1 heterocycles. The zero-order valence-electron chi connectivity index (χ0n) is 12.0. The third-order valence-electron chi connectivity index (χ3n) is 4.27. The minimum atomic E-state index is -0.745. The van der Waals surface area contributed by atoms with Gasteiger partial charge in [0.15, 0.2) is 5.82 Å². The SMILES string of the molecule is Cc1cccc(Cc2nnnn2CC2(C(=O)O)CCC2)c1. The fourth-order valence-corrected chi connectivity index (χ4v) is 2.81. The van der Waals surface area contributed by atoms with Gasteiger partial charge < -0.3 is 5.11 Å². The Kier molecular flexibility index (Phi) is 3.45. The number of aromatic nitrogens is 4. The highest BCUT2D eigenvalue weighted by Gasteiger charge is 2.45. The Morgan fingerprint density at radius 3 is 2.86 bits per heavy atom. The maximum atomic E-state index is 11.5. The molecule has 0 spiro atoms. The van der Waals surface area contributed by atoms with E-state index < -0.39 is 11.4 Å². The number of hydrogen-bond donors (Lipinski definition) is 1. The zero-order chi connectivity index (χ0) is 14.9. The maximum Gasteiger partial charge on any atom is 0.311 e. The smallest absolute Gasteiger partial charge is 0.311 e. The van der Waals surface area contributed by atoms with Crippen molar-refractivity contribution in [2.75, 3.05) is 0 Å². The number of aryl methyl sites for hydroxylation is 1. The number of tetrazole rings is 1. The van der Waals surface area contributed by atoms with E-state index in [1.807, 2.05) is 25.1 Å². The summed E-state index contributed by atoms with van der Waals surface area (Å²) < 4.78 is 1.65. The van der Waals surface area contributed by atoms with Crippen molar-refractivity contribution in [1.29, 1.82) is 0 Å². The van der Waals surface area contributed by atoms with E-state index in [-0.39, 0.29) is 0 Å². The Balaban J connectivity index is 1.79. The predicted octanol–water partition coefficient (Wildman–Crippen LogP) is 1.83. The van der Waals surface area contributed by atoms with Crippen LogP contribution in [-0.4, -0.2) is 31.3 Å². The van der Waals surface area contributed by atoms with Crippen molar-refractivity contribution in [1.82, 2.24) is 20.2 Å². The van der Waals surface area contributed by atoms with E-state index in [0.717, 1.165) is 12.0 Å². The van der Waals surface area contributed by atoms with Crippen molar-refractivity contribution < 1.29 is 9.90 Å². The van der Waals surface area contributed by atoms with Gasteiger partial charge in [-0.05, 0) is 35.8 Å². The molecular weight excluding hydrogens is 268 g/mol. The average Bonchev–Trinajstić information content (AvgIpc) is 2.80. The molecule has 1 aliphatic rings. The monoisotopic (exact) mass is 286 g/mol. The van der Waals surface area contributed by atoms with Crippen LogP contribution in [0, 0.1) is 12.3 Å². The largest absolute Gasteiger partial charge is 0.481 e. The van der Waals surface area contributed by atoms with E-state index in [4.69, 9.17) is 0 Å². The van der Waals surface area contributed by atoms with Gasteiger partial charge in [-0.3, -0.25) is 4.79 Å². The summed E-state index contributed by atoms with van der Waals surface area (Å²) in [5.41, 5.74) is 1.63. The number of nitrogens with zero attached hydrogens (tertiary/aromatic N) is 4. The third-order valence-corrected chi connectivity index (χ3v) is 4.27. The number of aliphatic carboxylic acids is 1. The van der Waals surface area contributed by atoms with Crippen LogP contribution in [-0.2, 0) is 17.8 Å². The lowest BCUT2D eigenvalue weighted by Crippen LogP contribution is -2.42. The molecule has 0 unspecified atom stereocenters. The molecule has 6 heteroatoms. The first kappa shape index (κ1) is 13.7. The van der Waals surface area contributed by atoms with Gasteiger partial charge in [0.1, 0.15) is 0 Å². The number of rotatable bonds is 5. The van der Waals surface area contributed by atoms with E-state index in [1.54, 1.807) is 4.68 Å². The van der Waals surface area contributed by atoms with Crippen molar-refractivity contribution in [2.45, 2.75) is 39.2 Å². The Morgan fingerprint density at radius 1 is 1.43 bits per heavy atom. The fraction of sp³-hybridized carbons (Fsp3) is 0.467. The Bertz CT molecular complexity index is 661. The molecule has 21 heavy (non-hydrogen) atoms. The van der Waals surface area contributed by atoms with Gasteiger partial charge in [0.05, 0.1) is 12.0 Å². The lowest BCUT2D eigenvalue weighted by atomic mass is 9.69. The van der Waals surface area contributed by atoms with Crippen molar-refractivity contribution in [3.63, 3.8) is 0 Å². The Morgan fingerprint density at radius 2 is 2.24 bits per heavy atom. The topological polar surface area (TPSA) is 80.9 Å². The van der Waals surface area contributed by atoms with Gasteiger partial charge in [0, 0.05) is 6.42 Å². The first-order valence-electron chi connectivity index (χ1n) is 7.13. The van der Waals surface area contributed by atoms with E-state index in [0.29, 0.717) is 31.6 Å². The highest BCUT2D eigenvalue weighted by molar-refractivity contribution is 5.75. The molecule has 6 nitrogen and oxygen atoms in total. The van der Waals surface area contributed by atoms with Crippen LogP contribution in [0.3, 0.4) is 0 Å². The molecule has 0 atom stereocenters. The van der Waals surface area contributed by atoms with Crippen LogP contribution >= 0.6 is 0 Å². The zero-order valence-corrected chi connectivity index (χ0v) is 12.0. The summed E-state index contributed by atoms with van der Waals surface area (Å²) in [4.78, 5) is 11.5. The first-order valence-corrected chi connectivity index (χ1v) is 7.13. The van der Waals surface area contributed by atoms with Crippen molar-refractivity contribution in [3.8, 4) is 0 Å². The molecule has 1 aromatic heterocycles. The van der Waals surface area contributed by atoms with E-state index in [2.05, 4.69) is 21.6 Å². The van der Waals surface area contributed by atoms with Crippen LogP contribution in [0.2, 0.25) is 0 Å². The van der Waals surface area contributed by atoms with Gasteiger partial charge in [0.25, 0.3) is 0 Å². The summed E-state index contributed by atoms with van der Waals surface area (Å²) >= 11 is 0. The molecule has 1 aromatic carbocycles. The molecule has 1 saturated carbocycles. The number of hydrogen-bond acceptors (Lipinski definition) is 4. The predicted molar refractivity (Wildman–Crippen MR) is 75.7 cm³/mol. The van der Waals surface area contributed by atoms with Gasteiger partial charge in [-0.1, -0.05) is 36.2 Å². The first-order chi connectivity index (χ1) is 10.1. The summed E-state index contributed by atoms with van der Waals surface area (Å²) in [7, 11) is 0. The summed E-state index contributed by atoms with van der Waals surface area (Å²) in [5.74, 6) is -0.0288. The van der Waals surface area contributed by atoms with Crippen LogP contribution in [0.1, 0.15) is 36.2 Å². The second kappa shape index (κ2) is 5.27. The maximum absolute atomic E-state index is 11.5. The number of carboxylic acid groups (broad SMARTS) is 1. The van der Waals surface area contributed by atoms with Crippen molar-refractivity contribution in [3.05, 3.63) is 41.2 Å². The minimum Gasteiger partial charge on any atom is -0.481 e. The van der Waals surface area contributed by atoms with Gasteiger partial charge in [-0.25, -0.2) is 4.68 Å². The number of carboxylic acids is 1. The Labute approximate surface area is 122 Å². The van der Waals surface area contributed by atoms with E-state index in [9.17, 15) is 9.90 Å². The minimum absolute atomic E-state index is 0.358. The van der Waals surface area contributed by atoms with Crippen LogP contribution < -0.4 is 0 Å². The van der Waals surface area contributed by atoms with E-state index >= 15 is 0 Å². The van der Waals surface area contributed by atoms with Gasteiger partial charge in [-0.15, -0.1) is 5.10 Å². The summed E-state index contributed by atoms with van der Waals surface area (Å²) in [6.45, 7) is 2.40. The molecule has 1 fully saturated rings. The fourth-order valence-electron chi connectivity index (χ4n) is 2.81. The molecule has 2 aromatic rings. The molecule has 0 amide bonds. The molecule has 110 valence electrons. The molecule has 0 aliphatic heterocycles. The van der Waals surface area contributed by atoms with Crippen LogP contribution in [0.4, 0.5) is 0 Å². The summed E-state index contributed by atoms with van der Waals surface area (Å²) in [6.07, 6.45) is 2.98. The third kappa shape index (κ3) is 2.66. The quantitative estimate of drug-likeness (QED) is 0.906. The van der Waals surface area contributed by atoms with Crippen molar-refractivity contribution >= 4 is 5.97 Å². The summed E-state index contributed by atoms with van der Waals surface area (Å²) in [6, 6.07) is 8.17. The second-order valence-electron chi connectivity index (χ2n) is 5.86. The summed E-state index contributed by atoms with van der Waals surface area (Å²) in [5, 5.41) is 21.2. The Hall–Kier alpha value is -2.24.